The van der Waals surface area contributed by atoms with Crippen LogP contribution in [0.2, 0.25) is 0 Å². The first-order valence-electron chi connectivity index (χ1n) is 8.05. The highest BCUT2D eigenvalue weighted by Crippen LogP contribution is 2.08. The molecule has 25 heavy (non-hydrogen) atoms. The Balaban J connectivity index is 2.21. The van der Waals surface area contributed by atoms with E-state index in [0.717, 1.165) is 5.56 Å². The van der Waals surface area contributed by atoms with Crippen LogP contribution in [0.25, 0.3) is 0 Å². The molecule has 1 heterocycles. The third kappa shape index (κ3) is 5.51. The van der Waals surface area contributed by atoms with Gasteiger partial charge in [0.1, 0.15) is 5.69 Å². The first kappa shape index (κ1) is 18.8. The summed E-state index contributed by atoms with van der Waals surface area (Å²) in [6.07, 6.45) is 0. The predicted molar refractivity (Wildman–Crippen MR) is 93.4 cm³/mol. The van der Waals surface area contributed by atoms with E-state index in [4.69, 9.17) is 9.47 Å². The van der Waals surface area contributed by atoms with Crippen molar-refractivity contribution in [1.29, 1.82) is 0 Å². The molecule has 0 saturated heterocycles. The van der Waals surface area contributed by atoms with Crippen LogP contribution in [0.1, 0.15) is 16.1 Å². The highest BCUT2D eigenvalue weighted by molar-refractivity contribution is 5.92. The third-order valence-corrected chi connectivity index (χ3v) is 3.66. The standard InChI is InChI=1S/C18H23N3O4/c1-24-12-10-20(14-15-6-4-3-5-7-15)18(23)16-8-9-17(22)21(19-16)11-13-25-2/h3-9H,10-14H2,1-2H3. The second-order valence-corrected chi connectivity index (χ2v) is 5.48. The van der Waals surface area contributed by atoms with Gasteiger partial charge in [0.15, 0.2) is 0 Å². The van der Waals surface area contributed by atoms with Gasteiger partial charge in [-0.05, 0) is 11.6 Å². The number of amides is 1. The van der Waals surface area contributed by atoms with Crippen molar-refractivity contribution in [2.24, 2.45) is 0 Å². The molecule has 2 aromatic rings. The number of hydrogen-bond acceptors (Lipinski definition) is 5. The summed E-state index contributed by atoms with van der Waals surface area (Å²) >= 11 is 0. The van der Waals surface area contributed by atoms with Crippen molar-refractivity contribution in [3.63, 3.8) is 0 Å². The fourth-order valence-electron chi connectivity index (χ4n) is 2.32. The van der Waals surface area contributed by atoms with Gasteiger partial charge in [0.05, 0.1) is 19.8 Å². The van der Waals surface area contributed by atoms with Crippen molar-refractivity contribution in [3.8, 4) is 0 Å². The van der Waals surface area contributed by atoms with Crippen LogP contribution in [0.4, 0.5) is 0 Å². The van der Waals surface area contributed by atoms with Crippen molar-refractivity contribution in [2.75, 3.05) is 34.0 Å². The van der Waals surface area contributed by atoms with Gasteiger partial charge in [-0.3, -0.25) is 9.59 Å². The van der Waals surface area contributed by atoms with E-state index in [1.165, 1.54) is 16.8 Å². The van der Waals surface area contributed by atoms with Gasteiger partial charge in [-0.15, -0.1) is 0 Å². The molecule has 0 radical (unpaired) electrons. The normalized spacial score (nSPS) is 10.6. The van der Waals surface area contributed by atoms with Crippen LogP contribution in [0.5, 0.6) is 0 Å². The Bertz CT molecular complexity index is 731. The largest absolute Gasteiger partial charge is 0.383 e. The van der Waals surface area contributed by atoms with Gasteiger partial charge in [-0.1, -0.05) is 30.3 Å². The Morgan fingerprint density at radius 2 is 1.80 bits per heavy atom. The van der Waals surface area contributed by atoms with Crippen LogP contribution in [0.15, 0.2) is 47.3 Å². The molecule has 0 unspecified atom stereocenters. The van der Waals surface area contributed by atoms with Crippen molar-refractivity contribution in [3.05, 3.63) is 64.1 Å². The zero-order valence-electron chi connectivity index (χ0n) is 14.6. The molecule has 134 valence electrons. The Hall–Kier alpha value is -2.51. The number of carbonyl (C=O) groups is 1. The second kappa shape index (κ2) is 9.71. The molecule has 0 aliphatic heterocycles. The zero-order valence-corrected chi connectivity index (χ0v) is 14.6. The predicted octanol–water partition coefficient (Wildman–Crippen LogP) is 1.18. The van der Waals surface area contributed by atoms with Gasteiger partial charge in [-0.2, -0.15) is 5.10 Å². The molecule has 0 bridgehead atoms. The summed E-state index contributed by atoms with van der Waals surface area (Å²) in [6, 6.07) is 12.5. The summed E-state index contributed by atoms with van der Waals surface area (Å²) in [5.74, 6) is -0.243. The molecule has 2 rings (SSSR count). The number of hydrogen-bond donors (Lipinski definition) is 0. The highest BCUT2D eigenvalue weighted by Gasteiger charge is 2.18. The summed E-state index contributed by atoms with van der Waals surface area (Å²) in [4.78, 5) is 26.3. The second-order valence-electron chi connectivity index (χ2n) is 5.48. The van der Waals surface area contributed by atoms with E-state index in [9.17, 15) is 9.59 Å². The number of rotatable bonds is 9. The molecule has 0 fully saturated rings. The smallest absolute Gasteiger partial charge is 0.274 e. The molecule has 0 aliphatic rings. The Morgan fingerprint density at radius 3 is 2.48 bits per heavy atom. The summed E-state index contributed by atoms with van der Waals surface area (Å²) in [6.45, 7) is 1.95. The summed E-state index contributed by atoms with van der Waals surface area (Å²) in [5.41, 5.74) is 0.975. The molecule has 1 aromatic carbocycles. The van der Waals surface area contributed by atoms with Crippen LogP contribution >= 0.6 is 0 Å². The van der Waals surface area contributed by atoms with Crippen molar-refractivity contribution >= 4 is 5.91 Å². The molecule has 0 saturated carbocycles. The van der Waals surface area contributed by atoms with Gasteiger partial charge in [0.25, 0.3) is 11.5 Å². The first-order chi connectivity index (χ1) is 12.2. The minimum atomic E-state index is -0.264. The minimum Gasteiger partial charge on any atom is -0.383 e. The fraction of sp³-hybridized carbons (Fsp3) is 0.389. The highest BCUT2D eigenvalue weighted by atomic mass is 16.5. The first-order valence-corrected chi connectivity index (χ1v) is 8.05. The SMILES string of the molecule is COCCN(Cc1ccccc1)C(=O)c1ccc(=O)n(CCOC)n1. The monoisotopic (exact) mass is 345 g/mol. The lowest BCUT2D eigenvalue weighted by Gasteiger charge is -2.22. The van der Waals surface area contributed by atoms with E-state index < -0.39 is 0 Å². The quantitative estimate of drug-likeness (QED) is 0.682. The third-order valence-electron chi connectivity index (χ3n) is 3.66. The van der Waals surface area contributed by atoms with E-state index in [2.05, 4.69) is 5.10 Å². The molecule has 0 N–H and O–H groups in total. The molecule has 0 atom stereocenters. The van der Waals surface area contributed by atoms with Crippen molar-refractivity contribution < 1.29 is 14.3 Å². The molecule has 7 heteroatoms. The van der Waals surface area contributed by atoms with E-state index >= 15 is 0 Å². The van der Waals surface area contributed by atoms with Crippen LogP contribution in [-0.4, -0.2) is 54.6 Å². The van der Waals surface area contributed by atoms with Crippen molar-refractivity contribution in [1.82, 2.24) is 14.7 Å². The van der Waals surface area contributed by atoms with Gasteiger partial charge < -0.3 is 14.4 Å². The van der Waals surface area contributed by atoms with Crippen LogP contribution in [0, 0.1) is 0 Å². The lowest BCUT2D eigenvalue weighted by Crippen LogP contribution is -2.36. The van der Waals surface area contributed by atoms with E-state index in [1.807, 2.05) is 30.3 Å². The van der Waals surface area contributed by atoms with E-state index in [0.29, 0.717) is 32.8 Å². The molecule has 7 nitrogen and oxygen atoms in total. The Kier molecular flexibility index (Phi) is 7.31. The molecule has 1 aromatic heterocycles. The molecular weight excluding hydrogens is 322 g/mol. The summed E-state index contributed by atoms with van der Waals surface area (Å²) in [5, 5.41) is 4.17. The number of benzene rings is 1. The van der Waals surface area contributed by atoms with E-state index in [1.54, 1.807) is 19.1 Å². The Labute approximate surface area is 146 Å². The van der Waals surface area contributed by atoms with Gasteiger partial charge in [-0.25, -0.2) is 4.68 Å². The molecule has 1 amide bonds. The van der Waals surface area contributed by atoms with Gasteiger partial charge in [0.2, 0.25) is 0 Å². The lowest BCUT2D eigenvalue weighted by atomic mass is 10.2. The average Bonchev–Trinajstić information content (AvgIpc) is 2.64. The zero-order chi connectivity index (χ0) is 18.1. The molecular formula is C18H23N3O4. The van der Waals surface area contributed by atoms with Crippen LogP contribution in [0.3, 0.4) is 0 Å². The van der Waals surface area contributed by atoms with Crippen LogP contribution < -0.4 is 5.56 Å². The van der Waals surface area contributed by atoms with Crippen molar-refractivity contribution in [2.45, 2.75) is 13.1 Å². The molecule has 0 spiro atoms. The maximum Gasteiger partial charge on any atom is 0.274 e. The maximum atomic E-state index is 12.9. The van der Waals surface area contributed by atoms with E-state index in [-0.39, 0.29) is 17.2 Å². The summed E-state index contributed by atoms with van der Waals surface area (Å²) in [7, 11) is 3.14. The number of aromatic nitrogens is 2. The number of nitrogens with zero attached hydrogens (tertiary/aromatic N) is 3. The average molecular weight is 345 g/mol. The number of methoxy groups -OCH3 is 2. The number of ether oxygens (including phenoxy) is 2. The number of carbonyl (C=O) groups excluding carboxylic acids is 1. The fourth-order valence-corrected chi connectivity index (χ4v) is 2.32. The lowest BCUT2D eigenvalue weighted by molar-refractivity contribution is 0.0671. The topological polar surface area (TPSA) is 73.7 Å². The maximum absolute atomic E-state index is 12.9. The Morgan fingerprint density at radius 1 is 1.08 bits per heavy atom. The molecule has 0 aliphatic carbocycles. The minimum absolute atomic E-state index is 0.225. The summed E-state index contributed by atoms with van der Waals surface area (Å²) < 4.78 is 11.3. The van der Waals surface area contributed by atoms with Gasteiger partial charge in [0, 0.05) is 33.4 Å². The van der Waals surface area contributed by atoms with Gasteiger partial charge >= 0.3 is 0 Å². The van der Waals surface area contributed by atoms with Crippen LogP contribution in [-0.2, 0) is 22.6 Å².